The molecule has 0 aliphatic rings. The van der Waals surface area contributed by atoms with E-state index in [1.54, 1.807) is 0 Å². The minimum absolute atomic E-state index is 0.0135. The van der Waals surface area contributed by atoms with Crippen LogP contribution >= 0.6 is 11.6 Å². The zero-order valence-corrected chi connectivity index (χ0v) is 8.07. The number of benzene rings is 1. The minimum Gasteiger partial charge on any atom is -0.410 e. The summed E-state index contributed by atoms with van der Waals surface area (Å²) in [7, 11) is 0. The van der Waals surface area contributed by atoms with Crippen LogP contribution in [0.2, 0.25) is 0 Å². The summed E-state index contributed by atoms with van der Waals surface area (Å²) in [4.78, 5) is 0. The van der Waals surface area contributed by atoms with Crippen LogP contribution in [0.25, 0.3) is 0 Å². The molecule has 1 N–H and O–H groups in total. The van der Waals surface area contributed by atoms with Gasteiger partial charge < -0.3 is 5.21 Å². The Labute approximate surface area is 90.9 Å². The highest BCUT2D eigenvalue weighted by Gasteiger charge is 2.33. The average molecular weight is 260 g/mol. The zero-order chi connectivity index (χ0) is 12.5. The Morgan fingerprint density at radius 1 is 1.25 bits per heavy atom. The topological polar surface area (TPSA) is 32.6 Å². The van der Waals surface area contributed by atoms with Crippen LogP contribution in [0, 0.1) is 11.6 Å². The van der Waals surface area contributed by atoms with Crippen LogP contribution in [0.5, 0.6) is 0 Å². The maximum Gasteiger partial charge on any atom is 0.416 e. The van der Waals surface area contributed by atoms with Gasteiger partial charge in [0, 0.05) is 0 Å². The summed E-state index contributed by atoms with van der Waals surface area (Å²) in [5.74, 6) is -3.34. The van der Waals surface area contributed by atoms with Gasteiger partial charge in [0.1, 0.15) is 0 Å². The Bertz CT molecular complexity index is 443. The van der Waals surface area contributed by atoms with Gasteiger partial charge in [0.05, 0.1) is 11.1 Å². The summed E-state index contributed by atoms with van der Waals surface area (Å²) in [6, 6.07) is 0.237. The van der Waals surface area contributed by atoms with Crippen molar-refractivity contribution in [1.29, 1.82) is 0 Å². The van der Waals surface area contributed by atoms with Gasteiger partial charge in [-0.25, -0.2) is 8.78 Å². The summed E-state index contributed by atoms with van der Waals surface area (Å²) < 4.78 is 62.4. The standard InChI is InChI=1S/C8H3ClF5NO/c9-7(15-16)4-1-3(8(12,13)14)2-5(10)6(4)11/h1-2,16H. The first-order chi connectivity index (χ1) is 7.27. The normalized spacial score (nSPS) is 13.0. The fourth-order valence-electron chi connectivity index (χ4n) is 0.957. The minimum atomic E-state index is -4.85. The predicted molar refractivity (Wildman–Crippen MR) is 45.5 cm³/mol. The van der Waals surface area contributed by atoms with Crippen molar-refractivity contribution in [1.82, 2.24) is 0 Å². The molecule has 0 fully saturated rings. The van der Waals surface area contributed by atoms with Crippen LogP contribution in [-0.4, -0.2) is 10.4 Å². The molecule has 0 heterocycles. The molecule has 0 aromatic heterocycles. The second kappa shape index (κ2) is 4.25. The van der Waals surface area contributed by atoms with Crippen molar-refractivity contribution >= 4 is 16.8 Å². The molecule has 1 aromatic rings. The fraction of sp³-hybridized carbons (Fsp3) is 0.125. The molecule has 0 atom stereocenters. The third kappa shape index (κ3) is 2.41. The lowest BCUT2D eigenvalue weighted by molar-refractivity contribution is -0.137. The molecule has 8 heteroatoms. The number of oxime groups is 1. The Hall–Kier alpha value is -1.37. The molecular weight excluding hydrogens is 257 g/mol. The molecule has 88 valence electrons. The van der Waals surface area contributed by atoms with Gasteiger partial charge in [0.2, 0.25) is 0 Å². The van der Waals surface area contributed by atoms with Crippen LogP contribution in [0.1, 0.15) is 11.1 Å². The van der Waals surface area contributed by atoms with Crippen LogP contribution in [-0.2, 0) is 6.18 Å². The molecule has 2 nitrogen and oxygen atoms in total. The van der Waals surface area contributed by atoms with E-state index in [-0.39, 0.29) is 12.1 Å². The second-order valence-corrected chi connectivity index (χ2v) is 3.07. The Morgan fingerprint density at radius 3 is 2.25 bits per heavy atom. The van der Waals surface area contributed by atoms with E-state index in [0.717, 1.165) is 0 Å². The SMILES string of the molecule is ON=C(Cl)c1cc(C(F)(F)F)cc(F)c1F. The molecule has 0 radical (unpaired) electrons. The molecule has 0 unspecified atom stereocenters. The molecule has 0 bridgehead atoms. The number of rotatable bonds is 1. The lowest BCUT2D eigenvalue weighted by Crippen LogP contribution is -2.09. The van der Waals surface area contributed by atoms with E-state index >= 15 is 0 Å². The van der Waals surface area contributed by atoms with Crippen LogP contribution in [0.15, 0.2) is 17.3 Å². The highest BCUT2D eigenvalue weighted by atomic mass is 35.5. The number of hydrogen-bond acceptors (Lipinski definition) is 2. The second-order valence-electron chi connectivity index (χ2n) is 2.71. The van der Waals surface area contributed by atoms with Crippen LogP contribution < -0.4 is 0 Å². The van der Waals surface area contributed by atoms with E-state index in [9.17, 15) is 22.0 Å². The molecule has 0 spiro atoms. The van der Waals surface area contributed by atoms with Gasteiger partial charge in [0.25, 0.3) is 0 Å². The predicted octanol–water partition coefficient (Wildman–Crippen LogP) is 3.36. The third-order valence-electron chi connectivity index (χ3n) is 1.67. The lowest BCUT2D eigenvalue weighted by atomic mass is 10.1. The van der Waals surface area contributed by atoms with Crippen molar-refractivity contribution in [2.24, 2.45) is 5.16 Å². The molecule has 0 amide bonds. The van der Waals surface area contributed by atoms with Crippen LogP contribution in [0.4, 0.5) is 22.0 Å². The zero-order valence-electron chi connectivity index (χ0n) is 7.32. The largest absolute Gasteiger partial charge is 0.416 e. The van der Waals surface area contributed by atoms with E-state index in [1.807, 2.05) is 0 Å². The molecule has 16 heavy (non-hydrogen) atoms. The molecule has 0 aliphatic carbocycles. The van der Waals surface area contributed by atoms with E-state index in [1.165, 1.54) is 0 Å². The van der Waals surface area contributed by atoms with Gasteiger partial charge >= 0.3 is 6.18 Å². The van der Waals surface area contributed by atoms with Crippen LogP contribution in [0.3, 0.4) is 0 Å². The first-order valence-electron chi connectivity index (χ1n) is 3.71. The summed E-state index contributed by atoms with van der Waals surface area (Å²) >= 11 is 5.12. The van der Waals surface area contributed by atoms with Gasteiger partial charge in [-0.3, -0.25) is 0 Å². The number of hydrogen-bond donors (Lipinski definition) is 1. The highest BCUT2D eigenvalue weighted by molar-refractivity contribution is 6.69. The summed E-state index contributed by atoms with van der Waals surface area (Å²) in [6.45, 7) is 0. The van der Waals surface area contributed by atoms with Crippen molar-refractivity contribution in [2.45, 2.75) is 6.18 Å². The summed E-state index contributed by atoms with van der Waals surface area (Å²) in [6.07, 6.45) is -4.85. The molecular formula is C8H3ClF5NO. The van der Waals surface area contributed by atoms with Gasteiger partial charge in [0.15, 0.2) is 16.8 Å². The first-order valence-corrected chi connectivity index (χ1v) is 4.09. The van der Waals surface area contributed by atoms with Gasteiger partial charge in [-0.15, -0.1) is 0 Å². The number of nitrogens with zero attached hydrogens (tertiary/aromatic N) is 1. The number of halogens is 6. The van der Waals surface area contributed by atoms with Gasteiger partial charge in [-0.1, -0.05) is 16.8 Å². The van der Waals surface area contributed by atoms with Gasteiger partial charge in [-0.2, -0.15) is 13.2 Å². The van der Waals surface area contributed by atoms with E-state index < -0.39 is 34.1 Å². The number of alkyl halides is 3. The smallest absolute Gasteiger partial charge is 0.410 e. The maximum absolute atomic E-state index is 13.0. The Morgan fingerprint density at radius 2 is 1.81 bits per heavy atom. The fourth-order valence-corrected chi connectivity index (χ4v) is 1.09. The molecule has 1 aromatic carbocycles. The molecule has 0 saturated carbocycles. The van der Waals surface area contributed by atoms with E-state index in [0.29, 0.717) is 0 Å². The van der Waals surface area contributed by atoms with Crippen molar-refractivity contribution < 1.29 is 27.2 Å². The van der Waals surface area contributed by atoms with Crippen molar-refractivity contribution in [2.75, 3.05) is 0 Å². The first kappa shape index (κ1) is 12.7. The van der Waals surface area contributed by atoms with Crippen molar-refractivity contribution in [3.05, 3.63) is 34.9 Å². The lowest BCUT2D eigenvalue weighted by Gasteiger charge is -2.09. The summed E-state index contributed by atoms with van der Waals surface area (Å²) in [5, 5.41) is 9.50. The van der Waals surface area contributed by atoms with E-state index in [2.05, 4.69) is 5.16 Å². The Kier molecular flexibility index (Phi) is 3.37. The quantitative estimate of drug-likeness (QED) is 0.357. The van der Waals surface area contributed by atoms with E-state index in [4.69, 9.17) is 16.8 Å². The van der Waals surface area contributed by atoms with Crippen molar-refractivity contribution in [3.63, 3.8) is 0 Å². The van der Waals surface area contributed by atoms with Crippen molar-refractivity contribution in [3.8, 4) is 0 Å². The Balaban J connectivity index is 3.45. The molecule has 0 aliphatic heterocycles. The molecule has 1 rings (SSSR count). The molecule has 0 saturated heterocycles. The summed E-state index contributed by atoms with van der Waals surface area (Å²) in [5.41, 5.74) is -2.39. The monoisotopic (exact) mass is 259 g/mol. The highest BCUT2D eigenvalue weighted by Crippen LogP contribution is 2.31. The average Bonchev–Trinajstić information content (AvgIpc) is 2.19. The maximum atomic E-state index is 13.0. The third-order valence-corrected chi connectivity index (χ3v) is 1.94. The van der Waals surface area contributed by atoms with Gasteiger partial charge in [-0.05, 0) is 12.1 Å².